The number of hydrogen-bond donors (Lipinski definition) is 0. The first kappa shape index (κ1) is 9.00. The zero-order valence-corrected chi connectivity index (χ0v) is 8.64. The lowest BCUT2D eigenvalue weighted by molar-refractivity contribution is -0.763. The van der Waals surface area contributed by atoms with Crippen LogP contribution in [0.5, 0.6) is 0 Å². The first-order valence-electron chi connectivity index (χ1n) is 4.96. The zero-order valence-electron chi connectivity index (χ0n) is 8.64. The molecule has 0 aliphatic carbocycles. The molecule has 2 heteroatoms. The van der Waals surface area contributed by atoms with Gasteiger partial charge in [-0.1, -0.05) is 18.2 Å². The average Bonchev–Trinajstić information content (AvgIpc) is 2.66. The second-order valence-corrected chi connectivity index (χ2v) is 3.38. The SMILES string of the molecule is CC[n+]1cccn1-c1ccccc1C. The minimum absolute atomic E-state index is 0.987. The number of rotatable bonds is 2. The monoisotopic (exact) mass is 187 g/mol. The lowest BCUT2D eigenvalue weighted by Gasteiger charge is -2.04. The third kappa shape index (κ3) is 1.43. The molecule has 0 saturated heterocycles. The predicted octanol–water partition coefficient (Wildman–Crippen LogP) is 2.09. The molecule has 0 bridgehead atoms. The van der Waals surface area contributed by atoms with E-state index in [9.17, 15) is 0 Å². The van der Waals surface area contributed by atoms with Crippen LogP contribution < -0.4 is 4.68 Å². The summed E-state index contributed by atoms with van der Waals surface area (Å²) in [5.74, 6) is 0. The number of nitrogens with zero attached hydrogens (tertiary/aromatic N) is 2. The van der Waals surface area contributed by atoms with Crippen LogP contribution in [-0.2, 0) is 6.54 Å². The summed E-state index contributed by atoms with van der Waals surface area (Å²) < 4.78 is 4.36. The number of aromatic nitrogens is 2. The van der Waals surface area contributed by atoms with Crippen molar-refractivity contribution in [1.82, 2.24) is 4.68 Å². The Bertz CT molecular complexity index is 429. The van der Waals surface area contributed by atoms with Crippen LogP contribution in [0.1, 0.15) is 12.5 Å². The summed E-state index contributed by atoms with van der Waals surface area (Å²) in [6, 6.07) is 10.5. The van der Waals surface area contributed by atoms with Crippen molar-refractivity contribution in [2.24, 2.45) is 0 Å². The molecular weight excluding hydrogens is 172 g/mol. The zero-order chi connectivity index (χ0) is 9.97. The van der Waals surface area contributed by atoms with Crippen LogP contribution >= 0.6 is 0 Å². The van der Waals surface area contributed by atoms with Gasteiger partial charge in [-0.2, -0.15) is 0 Å². The van der Waals surface area contributed by atoms with Gasteiger partial charge in [0.1, 0.15) is 5.69 Å². The van der Waals surface area contributed by atoms with Gasteiger partial charge >= 0.3 is 0 Å². The second-order valence-electron chi connectivity index (χ2n) is 3.38. The molecule has 72 valence electrons. The van der Waals surface area contributed by atoms with Gasteiger partial charge in [0, 0.05) is 6.07 Å². The van der Waals surface area contributed by atoms with Crippen LogP contribution in [0.15, 0.2) is 42.7 Å². The molecule has 2 aromatic rings. The Labute approximate surface area is 84.4 Å². The van der Waals surface area contributed by atoms with Gasteiger partial charge in [0.05, 0.1) is 6.20 Å². The molecule has 1 aromatic carbocycles. The minimum Gasteiger partial charge on any atom is -0.128 e. The molecular formula is C12H15N2+. The van der Waals surface area contributed by atoms with E-state index in [0.29, 0.717) is 0 Å². The minimum atomic E-state index is 0.987. The molecule has 0 aliphatic heterocycles. The normalized spacial score (nSPS) is 10.4. The molecule has 2 nitrogen and oxygen atoms in total. The molecule has 1 heterocycles. The van der Waals surface area contributed by atoms with E-state index < -0.39 is 0 Å². The van der Waals surface area contributed by atoms with E-state index in [2.05, 4.69) is 65.9 Å². The fourth-order valence-corrected chi connectivity index (χ4v) is 1.67. The van der Waals surface area contributed by atoms with Gasteiger partial charge in [-0.15, -0.1) is 9.36 Å². The third-order valence-electron chi connectivity index (χ3n) is 2.45. The van der Waals surface area contributed by atoms with E-state index in [1.54, 1.807) is 0 Å². The van der Waals surface area contributed by atoms with Gasteiger partial charge in [-0.25, -0.2) is 0 Å². The van der Waals surface area contributed by atoms with E-state index >= 15 is 0 Å². The molecule has 14 heavy (non-hydrogen) atoms. The van der Waals surface area contributed by atoms with Gasteiger partial charge in [0.15, 0.2) is 12.7 Å². The summed E-state index contributed by atoms with van der Waals surface area (Å²) in [5, 5.41) is 0. The average molecular weight is 187 g/mol. The van der Waals surface area contributed by atoms with Gasteiger partial charge < -0.3 is 0 Å². The fourth-order valence-electron chi connectivity index (χ4n) is 1.67. The van der Waals surface area contributed by atoms with Gasteiger partial charge in [-0.05, 0) is 25.5 Å². The van der Waals surface area contributed by atoms with Crippen molar-refractivity contribution in [2.45, 2.75) is 20.4 Å². The number of hydrogen-bond acceptors (Lipinski definition) is 0. The van der Waals surface area contributed by atoms with Crippen LogP contribution in [0.4, 0.5) is 0 Å². The van der Waals surface area contributed by atoms with Crippen LogP contribution in [0.3, 0.4) is 0 Å². The summed E-state index contributed by atoms with van der Waals surface area (Å²) >= 11 is 0. The van der Waals surface area contributed by atoms with Crippen molar-refractivity contribution in [3.8, 4) is 5.69 Å². The molecule has 0 saturated carbocycles. The lowest BCUT2D eigenvalue weighted by atomic mass is 10.2. The smallest absolute Gasteiger partial charge is 0.128 e. The largest absolute Gasteiger partial charge is 0.196 e. The maximum absolute atomic E-state index is 2.18. The number of benzene rings is 1. The van der Waals surface area contributed by atoms with Crippen molar-refractivity contribution in [3.05, 3.63) is 48.3 Å². The highest BCUT2D eigenvalue weighted by Gasteiger charge is 2.08. The quantitative estimate of drug-likeness (QED) is 0.637. The van der Waals surface area contributed by atoms with Crippen molar-refractivity contribution < 1.29 is 4.68 Å². The van der Waals surface area contributed by atoms with Crippen molar-refractivity contribution >= 4 is 0 Å². The van der Waals surface area contributed by atoms with Crippen molar-refractivity contribution in [3.63, 3.8) is 0 Å². The maximum atomic E-state index is 2.18. The molecule has 0 N–H and O–H groups in total. The number of aryl methyl sites for hydroxylation is 2. The highest BCUT2D eigenvalue weighted by molar-refractivity contribution is 5.38. The number of para-hydroxylation sites is 1. The van der Waals surface area contributed by atoms with Crippen molar-refractivity contribution in [1.29, 1.82) is 0 Å². The lowest BCUT2D eigenvalue weighted by Crippen LogP contribution is -2.40. The molecule has 1 aromatic heterocycles. The Balaban J connectivity index is 2.54. The Morgan fingerprint density at radius 3 is 2.71 bits per heavy atom. The molecule has 0 aliphatic rings. The molecule has 0 fully saturated rings. The summed E-state index contributed by atoms with van der Waals surface area (Å²) in [4.78, 5) is 0. The van der Waals surface area contributed by atoms with E-state index in [1.807, 2.05) is 0 Å². The Hall–Kier alpha value is -1.57. The molecule has 0 spiro atoms. The molecule has 0 unspecified atom stereocenters. The fraction of sp³-hybridized carbons (Fsp3) is 0.250. The van der Waals surface area contributed by atoms with E-state index in [0.717, 1.165) is 6.54 Å². The van der Waals surface area contributed by atoms with E-state index in [1.165, 1.54) is 11.3 Å². The van der Waals surface area contributed by atoms with Gasteiger partial charge in [-0.3, -0.25) is 0 Å². The van der Waals surface area contributed by atoms with Gasteiger partial charge in [0.2, 0.25) is 0 Å². The topological polar surface area (TPSA) is 8.81 Å². The summed E-state index contributed by atoms with van der Waals surface area (Å²) in [6.45, 7) is 5.27. The van der Waals surface area contributed by atoms with Crippen LogP contribution in [-0.4, -0.2) is 4.68 Å². The molecule has 2 rings (SSSR count). The van der Waals surface area contributed by atoms with E-state index in [4.69, 9.17) is 0 Å². The Kier molecular flexibility index (Phi) is 2.35. The summed E-state index contributed by atoms with van der Waals surface area (Å²) in [7, 11) is 0. The second kappa shape index (κ2) is 3.66. The van der Waals surface area contributed by atoms with Gasteiger partial charge in [0.25, 0.3) is 0 Å². The Morgan fingerprint density at radius 1 is 1.21 bits per heavy atom. The van der Waals surface area contributed by atoms with Crippen LogP contribution in [0, 0.1) is 6.92 Å². The summed E-state index contributed by atoms with van der Waals surface area (Å²) in [5.41, 5.74) is 2.55. The third-order valence-corrected chi connectivity index (χ3v) is 2.45. The predicted molar refractivity (Wildman–Crippen MR) is 56.4 cm³/mol. The highest BCUT2D eigenvalue weighted by atomic mass is 15.4. The van der Waals surface area contributed by atoms with Crippen LogP contribution in [0.25, 0.3) is 5.69 Å². The standard InChI is InChI=1S/C12H15N2/c1-3-13-9-6-10-14(13)12-8-5-4-7-11(12)2/h4-10H,3H2,1-2H3/q+1. The highest BCUT2D eigenvalue weighted by Crippen LogP contribution is 2.10. The first-order valence-corrected chi connectivity index (χ1v) is 4.96. The maximum Gasteiger partial charge on any atom is 0.196 e. The molecule has 0 atom stereocenters. The van der Waals surface area contributed by atoms with Crippen molar-refractivity contribution in [2.75, 3.05) is 0 Å². The Morgan fingerprint density at radius 2 is 2.00 bits per heavy atom. The molecule has 0 amide bonds. The van der Waals surface area contributed by atoms with E-state index in [-0.39, 0.29) is 0 Å². The van der Waals surface area contributed by atoms with Crippen LogP contribution in [0.2, 0.25) is 0 Å². The first-order chi connectivity index (χ1) is 6.83. The summed E-state index contributed by atoms with van der Waals surface area (Å²) in [6.07, 6.45) is 4.18. The molecule has 0 radical (unpaired) electrons.